The number of pyridine rings is 2. The van der Waals surface area contributed by atoms with Gasteiger partial charge in [0, 0.05) is 46.9 Å². The van der Waals surface area contributed by atoms with Gasteiger partial charge in [-0.3, -0.25) is 4.98 Å². The molecular formula is C57H50IrN4O2Si-2. The maximum atomic E-state index is 8.43. The maximum absolute atomic E-state index is 8.43. The Morgan fingerprint density at radius 3 is 2.08 bits per heavy atom. The summed E-state index contributed by atoms with van der Waals surface area (Å²) < 4.78 is 40.4. The molecule has 0 aliphatic heterocycles. The topological polar surface area (TPSA) is 69.9 Å². The van der Waals surface area contributed by atoms with E-state index in [1.807, 2.05) is 91.1 Å². The largest absolute Gasteiger partial charge is 0.499 e. The molecule has 5 aromatic heterocycles. The van der Waals surface area contributed by atoms with Crippen molar-refractivity contribution in [3.05, 3.63) is 175 Å². The Kier molecular flexibility index (Phi) is 10.8. The number of furan rings is 2. The van der Waals surface area contributed by atoms with Crippen LogP contribution in [-0.2, 0) is 20.1 Å². The van der Waals surface area contributed by atoms with Crippen molar-refractivity contribution in [3.8, 4) is 39.5 Å². The van der Waals surface area contributed by atoms with Crippen LogP contribution in [0, 0.1) is 19.0 Å². The van der Waals surface area contributed by atoms with Gasteiger partial charge >= 0.3 is 0 Å². The minimum Gasteiger partial charge on any atom is -0.499 e. The third-order valence-electron chi connectivity index (χ3n) is 12.0. The fourth-order valence-electron chi connectivity index (χ4n) is 8.73. The Hall–Kier alpha value is -6.44. The molecule has 11 rings (SSSR count). The smallest absolute Gasteiger partial charge is 0.228 e. The van der Waals surface area contributed by atoms with Crippen LogP contribution in [0.3, 0.4) is 0 Å². The van der Waals surface area contributed by atoms with Crippen LogP contribution in [0.2, 0.25) is 19.6 Å². The van der Waals surface area contributed by atoms with Crippen LogP contribution in [0.4, 0.5) is 0 Å². The minimum atomic E-state index is -2.55. The van der Waals surface area contributed by atoms with Crippen LogP contribution in [0.15, 0.2) is 155 Å². The van der Waals surface area contributed by atoms with E-state index in [0.29, 0.717) is 27.9 Å². The first-order valence-corrected chi connectivity index (χ1v) is 25.4. The van der Waals surface area contributed by atoms with Crippen molar-refractivity contribution in [2.45, 2.75) is 66.0 Å². The molecular weight excluding hydrogens is 993 g/mol. The summed E-state index contributed by atoms with van der Waals surface area (Å²) in [7, 11) is -1.23. The quantitative estimate of drug-likeness (QED) is 0.117. The summed E-state index contributed by atoms with van der Waals surface area (Å²) in [4.78, 5) is 14.3. The summed E-state index contributed by atoms with van der Waals surface area (Å²) >= 11 is 0. The number of aromatic nitrogens is 4. The molecule has 0 bridgehead atoms. The van der Waals surface area contributed by atoms with Crippen LogP contribution in [-0.4, -0.2) is 27.6 Å². The fourth-order valence-corrected chi connectivity index (χ4v) is 9.77. The molecule has 0 saturated carbocycles. The van der Waals surface area contributed by atoms with Gasteiger partial charge in [-0.1, -0.05) is 131 Å². The molecule has 0 atom stereocenters. The van der Waals surface area contributed by atoms with E-state index in [0.717, 1.165) is 44.1 Å². The first kappa shape index (κ1) is 40.1. The van der Waals surface area contributed by atoms with Crippen LogP contribution in [0.5, 0.6) is 0 Å². The van der Waals surface area contributed by atoms with E-state index >= 15 is 0 Å². The maximum Gasteiger partial charge on any atom is 0.228 e. The van der Waals surface area contributed by atoms with Crippen LogP contribution in [0.1, 0.15) is 60.5 Å². The van der Waals surface area contributed by atoms with Crippen molar-refractivity contribution in [1.82, 2.24) is 19.5 Å². The van der Waals surface area contributed by atoms with E-state index in [9.17, 15) is 0 Å². The molecule has 0 aliphatic rings. The van der Waals surface area contributed by atoms with Crippen molar-refractivity contribution >= 4 is 68.3 Å². The first-order valence-electron chi connectivity index (χ1n) is 23.4. The molecule has 325 valence electrons. The SMILES string of the molecule is C[Si](C)(C)c1ccc(-c2[c-]cccc2)nc1.[2H]C([2H])([2H])c1nc2oc3ccccc3c2c2c1oc1c(-c3nc4ccccc4n3-c3c(C(C)C)cc(-c4ccccc4)cc3C(C)C)[c-]ccc12.[Ir]. The molecule has 0 unspecified atom stereocenters. The number of nitrogens with zero attached hydrogens (tertiary/aromatic N) is 4. The van der Waals surface area contributed by atoms with Gasteiger partial charge in [0.25, 0.3) is 0 Å². The number of rotatable bonds is 7. The minimum absolute atomic E-state index is 0. The molecule has 0 fully saturated rings. The fraction of sp³-hybridized carbons (Fsp3) is 0.175. The van der Waals surface area contributed by atoms with Crippen molar-refractivity contribution < 1.29 is 33.1 Å². The van der Waals surface area contributed by atoms with E-state index in [1.54, 1.807) is 0 Å². The summed E-state index contributed by atoms with van der Waals surface area (Å²) in [5, 5.41) is 4.36. The molecule has 65 heavy (non-hydrogen) atoms. The van der Waals surface area contributed by atoms with Crippen molar-refractivity contribution in [2.75, 3.05) is 0 Å². The number of hydrogen-bond donors (Lipinski definition) is 0. The van der Waals surface area contributed by atoms with E-state index in [1.165, 1.54) is 27.4 Å². The van der Waals surface area contributed by atoms with Crippen LogP contribution >= 0.6 is 0 Å². The number of benzene rings is 6. The van der Waals surface area contributed by atoms with Gasteiger partial charge in [0.15, 0.2) is 0 Å². The summed E-state index contributed by atoms with van der Waals surface area (Å²) in [5.74, 6) is 1.04. The average molecular weight is 1050 g/mol. The van der Waals surface area contributed by atoms with Gasteiger partial charge < -0.3 is 18.4 Å². The number of fused-ring (bicyclic) bond motifs is 8. The predicted molar refractivity (Wildman–Crippen MR) is 268 cm³/mol. The van der Waals surface area contributed by atoms with Gasteiger partial charge in [-0.05, 0) is 82.2 Å². The standard InChI is InChI=1S/C43H34N3O2.C14H16NSi.Ir/c1-24(2)32-22-28(27-14-7-6-8-15-27)23-33(25(3)4)39(32)46-35-20-11-10-19-34(35)45-42(46)31-18-13-17-30-37-38-29-16-9-12-21-36(29)47-43(38)44-26(5)40(37)48-41(30)31;1-16(2,3)13-9-10-14(15-11-13)12-7-5-4-6-8-12;/h6-17,19-25H,1-5H3;4-7,9-11H,1-3H3;/q2*-1;/i5D3;;. The zero-order valence-corrected chi connectivity index (χ0v) is 40.8. The monoisotopic (exact) mass is 1050 g/mol. The molecule has 1 radical (unpaired) electrons. The van der Waals surface area contributed by atoms with E-state index in [-0.39, 0.29) is 48.9 Å². The Morgan fingerprint density at radius 1 is 0.662 bits per heavy atom. The van der Waals surface area contributed by atoms with Crippen LogP contribution in [0.25, 0.3) is 94.5 Å². The molecule has 0 N–H and O–H groups in total. The number of para-hydroxylation sites is 3. The zero-order valence-electron chi connectivity index (χ0n) is 40.4. The molecule has 11 aromatic rings. The van der Waals surface area contributed by atoms with Crippen molar-refractivity contribution in [3.63, 3.8) is 0 Å². The summed E-state index contributed by atoms with van der Waals surface area (Å²) in [6.07, 6.45) is 2.02. The molecule has 6 nitrogen and oxygen atoms in total. The normalized spacial score (nSPS) is 12.7. The van der Waals surface area contributed by atoms with Crippen molar-refractivity contribution in [2.24, 2.45) is 0 Å². The van der Waals surface area contributed by atoms with E-state index in [2.05, 4.69) is 129 Å². The zero-order chi connectivity index (χ0) is 46.8. The number of imidazole rings is 1. The second kappa shape index (κ2) is 17.5. The molecule has 0 spiro atoms. The third kappa shape index (κ3) is 7.94. The van der Waals surface area contributed by atoms with Gasteiger partial charge in [0.2, 0.25) is 5.71 Å². The van der Waals surface area contributed by atoms with E-state index < -0.39 is 14.9 Å². The first-order chi connectivity index (χ1) is 32.2. The Labute approximate surface area is 399 Å². The molecule has 0 amide bonds. The van der Waals surface area contributed by atoms with Gasteiger partial charge in [-0.2, -0.15) is 0 Å². The summed E-state index contributed by atoms with van der Waals surface area (Å²) in [6.45, 7) is 13.4. The molecule has 5 heterocycles. The molecule has 0 aliphatic carbocycles. The molecule has 6 aromatic carbocycles. The molecule has 8 heteroatoms. The van der Waals surface area contributed by atoms with Crippen LogP contribution < -0.4 is 5.19 Å². The Bertz CT molecular complexity index is 3580. The average Bonchev–Trinajstić information content (AvgIpc) is 4.02. The second-order valence-corrected chi connectivity index (χ2v) is 23.1. The van der Waals surface area contributed by atoms with Crippen molar-refractivity contribution in [1.29, 1.82) is 0 Å². The summed E-state index contributed by atoms with van der Waals surface area (Å²) in [6, 6.07) is 53.6. The number of hydrogen-bond acceptors (Lipinski definition) is 5. The third-order valence-corrected chi connectivity index (χ3v) is 14.1. The second-order valence-electron chi connectivity index (χ2n) is 18.0. The Balaban J connectivity index is 0.000000289. The summed E-state index contributed by atoms with van der Waals surface area (Å²) in [5.41, 5.74) is 11.8. The Morgan fingerprint density at radius 2 is 1.38 bits per heavy atom. The van der Waals surface area contributed by atoms with Gasteiger partial charge in [0.1, 0.15) is 11.2 Å². The molecule has 0 saturated heterocycles. The predicted octanol–water partition coefficient (Wildman–Crippen LogP) is 15.0. The van der Waals surface area contributed by atoms with Gasteiger partial charge in [0.05, 0.1) is 41.6 Å². The van der Waals surface area contributed by atoms with E-state index in [4.69, 9.17) is 17.9 Å². The number of aryl methyl sites for hydroxylation is 1. The van der Waals surface area contributed by atoms with Gasteiger partial charge in [-0.25, -0.2) is 4.98 Å². The van der Waals surface area contributed by atoms with Gasteiger partial charge in [-0.15, -0.1) is 54.1 Å².